The van der Waals surface area contributed by atoms with Crippen molar-refractivity contribution in [3.63, 3.8) is 0 Å². The molecule has 1 unspecified atom stereocenters. The lowest BCUT2D eigenvalue weighted by Gasteiger charge is -2.12. The molecule has 0 bridgehead atoms. The number of hydrogen-bond acceptors (Lipinski definition) is 6. The van der Waals surface area contributed by atoms with Crippen LogP contribution in [0.2, 0.25) is 0 Å². The van der Waals surface area contributed by atoms with Crippen molar-refractivity contribution in [1.82, 2.24) is 0 Å². The van der Waals surface area contributed by atoms with Gasteiger partial charge in [-0.2, -0.15) is 10.5 Å². The van der Waals surface area contributed by atoms with E-state index in [4.69, 9.17) is 20.0 Å². The topological polar surface area (TPSA) is 92.3 Å². The maximum absolute atomic E-state index is 11.8. The average molecular weight is 274 g/mol. The van der Waals surface area contributed by atoms with E-state index in [1.54, 1.807) is 36.6 Å². The van der Waals surface area contributed by atoms with Crippen molar-refractivity contribution < 1.29 is 19.0 Å². The fourth-order valence-electron chi connectivity index (χ4n) is 1.51. The first-order chi connectivity index (χ1) is 9.77. The molecular weight excluding hydrogens is 260 g/mol. The molecule has 0 aliphatic rings. The van der Waals surface area contributed by atoms with Crippen LogP contribution >= 0.6 is 0 Å². The summed E-state index contributed by atoms with van der Waals surface area (Å²) in [6.45, 7) is 0.281. The molecule has 1 aromatic rings. The van der Waals surface area contributed by atoms with Crippen LogP contribution in [0.25, 0.3) is 0 Å². The highest BCUT2D eigenvalue weighted by atomic mass is 16.6. The van der Waals surface area contributed by atoms with Gasteiger partial charge in [0.15, 0.2) is 0 Å². The summed E-state index contributed by atoms with van der Waals surface area (Å²) >= 11 is 0. The summed E-state index contributed by atoms with van der Waals surface area (Å²) in [5.41, 5.74) is 0. The largest absolute Gasteiger partial charge is 0.428 e. The van der Waals surface area contributed by atoms with Crippen LogP contribution in [0.3, 0.4) is 0 Å². The number of ether oxygens (including phenoxy) is 3. The van der Waals surface area contributed by atoms with Crippen LogP contribution in [0, 0.1) is 23.0 Å². The average Bonchev–Trinajstić information content (AvgIpc) is 2.47. The zero-order valence-corrected chi connectivity index (χ0v) is 10.8. The Hall–Kier alpha value is -2.73. The second-order valence-corrected chi connectivity index (χ2v) is 3.87. The van der Waals surface area contributed by atoms with Crippen LogP contribution < -0.4 is 4.74 Å². The molecule has 0 aromatic heterocycles. The summed E-state index contributed by atoms with van der Waals surface area (Å²) in [6, 6.07) is 8.56. The number of carbonyl (C=O) groups is 1. The quantitative estimate of drug-likeness (QED) is 0.312. The summed E-state index contributed by atoms with van der Waals surface area (Å²) in [7, 11) is 0. The molecule has 0 aliphatic carbocycles. The first-order valence-electron chi connectivity index (χ1n) is 6.10. The number of esters is 1. The molecule has 6 nitrogen and oxygen atoms in total. The molecule has 0 saturated heterocycles. The Labute approximate surface area is 117 Å². The van der Waals surface area contributed by atoms with Gasteiger partial charge in [0.2, 0.25) is 6.10 Å². The van der Waals surface area contributed by atoms with Crippen LogP contribution in [-0.2, 0) is 14.3 Å². The molecule has 0 radical (unpaired) electrons. The number of carbonyl (C=O) groups excluding carboxylic acids is 1. The molecule has 0 N–H and O–H groups in total. The summed E-state index contributed by atoms with van der Waals surface area (Å²) in [5, 5.41) is 16.7. The molecular formula is C14H14N2O4. The molecule has 0 heterocycles. The van der Waals surface area contributed by atoms with E-state index < -0.39 is 12.1 Å². The Morgan fingerprint density at radius 2 is 1.90 bits per heavy atom. The number of unbranched alkanes of at least 4 members (excludes halogenated alkanes) is 1. The van der Waals surface area contributed by atoms with Crippen molar-refractivity contribution in [2.45, 2.75) is 25.4 Å². The number of nitriles is 2. The van der Waals surface area contributed by atoms with E-state index in [9.17, 15) is 4.79 Å². The molecule has 1 atom stereocenters. The number of hydrogen-bond donors (Lipinski definition) is 0. The molecule has 0 aliphatic heterocycles. The first kappa shape index (κ1) is 15.3. The van der Waals surface area contributed by atoms with E-state index in [1.807, 2.05) is 0 Å². The molecule has 20 heavy (non-hydrogen) atoms. The molecule has 1 rings (SSSR count). The minimum atomic E-state index is -0.942. The van der Waals surface area contributed by atoms with E-state index in [-0.39, 0.29) is 6.61 Å². The number of nitrogens with zero attached hydrogens (tertiary/aromatic N) is 2. The summed E-state index contributed by atoms with van der Waals surface area (Å²) < 4.78 is 14.3. The number of rotatable bonds is 8. The zero-order valence-electron chi connectivity index (χ0n) is 10.8. The predicted octanol–water partition coefficient (Wildman–Crippen LogP) is 2.13. The summed E-state index contributed by atoms with van der Waals surface area (Å²) in [4.78, 5) is 11.8. The SMILES string of the molecule is N#COCCCCC(OC#N)C(=O)Oc1ccccc1. The minimum Gasteiger partial charge on any atom is -0.428 e. The Balaban J connectivity index is 2.42. The van der Waals surface area contributed by atoms with Gasteiger partial charge in [0.05, 0.1) is 0 Å². The van der Waals surface area contributed by atoms with E-state index in [0.717, 1.165) is 0 Å². The Kier molecular flexibility index (Phi) is 7.08. The highest BCUT2D eigenvalue weighted by Crippen LogP contribution is 2.13. The molecule has 1 aromatic carbocycles. The lowest BCUT2D eigenvalue weighted by molar-refractivity contribution is -0.144. The van der Waals surface area contributed by atoms with Crippen LogP contribution in [0.15, 0.2) is 30.3 Å². The lowest BCUT2D eigenvalue weighted by atomic mass is 10.1. The van der Waals surface area contributed by atoms with Crippen LogP contribution in [0.1, 0.15) is 19.3 Å². The van der Waals surface area contributed by atoms with Crippen LogP contribution in [0.5, 0.6) is 5.75 Å². The van der Waals surface area contributed by atoms with Crippen molar-refractivity contribution in [1.29, 1.82) is 10.5 Å². The highest BCUT2D eigenvalue weighted by Gasteiger charge is 2.22. The zero-order chi connectivity index (χ0) is 14.6. The molecule has 0 spiro atoms. The van der Waals surface area contributed by atoms with Gasteiger partial charge in [0.25, 0.3) is 12.5 Å². The smallest absolute Gasteiger partial charge is 0.353 e. The van der Waals surface area contributed by atoms with Gasteiger partial charge in [-0.15, -0.1) is 0 Å². The molecule has 6 heteroatoms. The fourth-order valence-corrected chi connectivity index (χ4v) is 1.51. The monoisotopic (exact) mass is 274 g/mol. The van der Waals surface area contributed by atoms with Gasteiger partial charge in [-0.05, 0) is 31.4 Å². The minimum absolute atomic E-state index is 0.281. The van der Waals surface area contributed by atoms with Crippen molar-refractivity contribution in [3.05, 3.63) is 30.3 Å². The van der Waals surface area contributed by atoms with Gasteiger partial charge in [0.1, 0.15) is 12.4 Å². The number of para-hydroxylation sites is 1. The molecule has 0 fully saturated rings. The summed E-state index contributed by atoms with van der Waals surface area (Å²) in [6.07, 6.45) is 3.62. The predicted molar refractivity (Wildman–Crippen MR) is 68.0 cm³/mol. The van der Waals surface area contributed by atoms with Gasteiger partial charge in [-0.3, -0.25) is 0 Å². The molecule has 0 saturated carbocycles. The van der Waals surface area contributed by atoms with E-state index >= 15 is 0 Å². The van der Waals surface area contributed by atoms with Gasteiger partial charge in [-0.1, -0.05) is 18.2 Å². The van der Waals surface area contributed by atoms with Gasteiger partial charge >= 0.3 is 5.97 Å². The maximum atomic E-state index is 11.8. The second kappa shape index (κ2) is 9.23. The lowest BCUT2D eigenvalue weighted by Crippen LogP contribution is -2.27. The van der Waals surface area contributed by atoms with Crippen LogP contribution in [-0.4, -0.2) is 18.7 Å². The second-order valence-electron chi connectivity index (χ2n) is 3.87. The standard InChI is InChI=1S/C14H14N2O4/c15-10-18-9-5-4-8-13(19-11-16)14(17)20-12-6-2-1-3-7-12/h1-3,6-7,13H,4-5,8-9H2. The van der Waals surface area contributed by atoms with E-state index in [2.05, 4.69) is 4.74 Å². The Morgan fingerprint density at radius 1 is 1.15 bits per heavy atom. The first-order valence-corrected chi connectivity index (χ1v) is 6.10. The van der Waals surface area contributed by atoms with Gasteiger partial charge in [-0.25, -0.2) is 4.79 Å². The Morgan fingerprint density at radius 3 is 2.55 bits per heavy atom. The van der Waals surface area contributed by atoms with E-state index in [1.165, 1.54) is 6.26 Å². The summed E-state index contributed by atoms with van der Waals surface area (Å²) in [5.74, 6) is -0.212. The fraction of sp³-hybridized carbons (Fsp3) is 0.357. The highest BCUT2D eigenvalue weighted by molar-refractivity contribution is 5.77. The third kappa shape index (κ3) is 5.74. The normalized spacial score (nSPS) is 10.7. The molecule has 104 valence electrons. The Bertz CT molecular complexity index is 490. The van der Waals surface area contributed by atoms with Crippen molar-refractivity contribution >= 4 is 5.97 Å². The van der Waals surface area contributed by atoms with Crippen molar-refractivity contribution in [3.8, 4) is 18.3 Å². The maximum Gasteiger partial charge on any atom is 0.353 e. The molecule has 0 amide bonds. The number of benzene rings is 1. The van der Waals surface area contributed by atoms with Crippen molar-refractivity contribution in [2.75, 3.05) is 6.61 Å². The third-order valence-corrected chi connectivity index (χ3v) is 2.45. The third-order valence-electron chi connectivity index (χ3n) is 2.45. The van der Waals surface area contributed by atoms with Crippen LogP contribution in [0.4, 0.5) is 0 Å². The van der Waals surface area contributed by atoms with Gasteiger partial charge in [0, 0.05) is 0 Å². The van der Waals surface area contributed by atoms with E-state index in [0.29, 0.717) is 25.0 Å². The van der Waals surface area contributed by atoms with Gasteiger partial charge < -0.3 is 14.2 Å². The van der Waals surface area contributed by atoms with Crippen molar-refractivity contribution in [2.24, 2.45) is 0 Å².